The number of carbonyl (C=O) groups is 1. The van der Waals surface area contributed by atoms with Crippen LogP contribution in [0.1, 0.15) is 29.5 Å². The summed E-state index contributed by atoms with van der Waals surface area (Å²) in [6.07, 6.45) is -3.63. The standard InChI is InChI=1S/C23H24F3N3OS/c1-16-14-28(15-17-5-3-2-4-6-17)11-12-29(16)22(30)10-9-21-27-19-13-18(23(24,25)26)7-8-20(19)31-21/h2-8,13,16H,9-12,14-15H2,1H3. The Morgan fingerprint density at radius 2 is 1.94 bits per heavy atom. The first-order chi connectivity index (χ1) is 14.8. The molecule has 1 fully saturated rings. The first-order valence-corrected chi connectivity index (χ1v) is 11.1. The fourth-order valence-electron chi connectivity index (χ4n) is 4.00. The lowest BCUT2D eigenvalue weighted by Crippen LogP contribution is -2.53. The summed E-state index contributed by atoms with van der Waals surface area (Å²) in [6, 6.07) is 14.0. The number of hydrogen-bond acceptors (Lipinski definition) is 4. The SMILES string of the molecule is CC1CN(Cc2ccccc2)CCN1C(=O)CCc1nc2cc(C(F)(F)F)ccc2s1. The average Bonchev–Trinajstić information content (AvgIpc) is 3.14. The van der Waals surface area contributed by atoms with E-state index >= 15 is 0 Å². The van der Waals surface area contributed by atoms with Gasteiger partial charge in [0.1, 0.15) is 0 Å². The summed E-state index contributed by atoms with van der Waals surface area (Å²) in [5.74, 6) is 0.0714. The van der Waals surface area contributed by atoms with E-state index in [9.17, 15) is 18.0 Å². The molecule has 1 amide bonds. The second kappa shape index (κ2) is 8.96. The molecule has 0 aliphatic carbocycles. The molecule has 1 saturated heterocycles. The van der Waals surface area contributed by atoms with Crippen molar-refractivity contribution in [1.82, 2.24) is 14.8 Å². The third-order valence-corrected chi connectivity index (χ3v) is 6.69. The Morgan fingerprint density at radius 1 is 1.16 bits per heavy atom. The molecule has 0 N–H and O–H groups in total. The van der Waals surface area contributed by atoms with Crippen LogP contribution in [0.15, 0.2) is 48.5 Å². The van der Waals surface area contributed by atoms with Gasteiger partial charge >= 0.3 is 6.18 Å². The van der Waals surface area contributed by atoms with Crippen molar-refractivity contribution in [3.8, 4) is 0 Å². The maximum absolute atomic E-state index is 12.9. The Hall–Kier alpha value is -2.45. The van der Waals surface area contributed by atoms with Gasteiger partial charge in [-0.2, -0.15) is 13.2 Å². The maximum atomic E-state index is 12.9. The zero-order valence-corrected chi connectivity index (χ0v) is 18.0. The number of benzene rings is 2. The smallest absolute Gasteiger partial charge is 0.337 e. The van der Waals surface area contributed by atoms with Gasteiger partial charge in [-0.25, -0.2) is 4.98 Å². The summed E-state index contributed by atoms with van der Waals surface area (Å²) in [5.41, 5.74) is 0.902. The van der Waals surface area contributed by atoms with Gasteiger partial charge in [-0.05, 0) is 30.7 Å². The topological polar surface area (TPSA) is 36.4 Å². The number of halogens is 3. The van der Waals surface area contributed by atoms with E-state index in [1.165, 1.54) is 23.0 Å². The Morgan fingerprint density at radius 3 is 2.65 bits per heavy atom. The van der Waals surface area contributed by atoms with Crippen molar-refractivity contribution in [3.05, 3.63) is 64.7 Å². The van der Waals surface area contributed by atoms with E-state index in [1.807, 2.05) is 23.1 Å². The summed E-state index contributed by atoms with van der Waals surface area (Å²) >= 11 is 1.35. The number of carbonyl (C=O) groups excluding carboxylic acids is 1. The second-order valence-electron chi connectivity index (χ2n) is 7.94. The van der Waals surface area contributed by atoms with Crippen LogP contribution in [0.4, 0.5) is 13.2 Å². The van der Waals surface area contributed by atoms with Gasteiger partial charge < -0.3 is 4.90 Å². The first-order valence-electron chi connectivity index (χ1n) is 10.3. The molecule has 2 heterocycles. The molecule has 4 rings (SSSR count). The van der Waals surface area contributed by atoms with Crippen LogP contribution in [0, 0.1) is 0 Å². The molecule has 0 saturated carbocycles. The third kappa shape index (κ3) is 5.25. The van der Waals surface area contributed by atoms with Gasteiger partial charge in [-0.3, -0.25) is 9.69 Å². The maximum Gasteiger partial charge on any atom is 0.416 e. The van der Waals surface area contributed by atoms with Crippen LogP contribution in [-0.2, 0) is 23.9 Å². The number of thiazole rings is 1. The van der Waals surface area contributed by atoms with Crippen LogP contribution < -0.4 is 0 Å². The van der Waals surface area contributed by atoms with Gasteiger partial charge in [0.05, 0.1) is 20.8 Å². The molecule has 1 aliphatic heterocycles. The van der Waals surface area contributed by atoms with E-state index < -0.39 is 11.7 Å². The van der Waals surface area contributed by atoms with Gasteiger partial charge in [-0.15, -0.1) is 11.3 Å². The molecule has 164 valence electrons. The molecule has 1 aromatic heterocycles. The van der Waals surface area contributed by atoms with Gasteiger partial charge in [-0.1, -0.05) is 30.3 Å². The number of alkyl halides is 3. The van der Waals surface area contributed by atoms with Crippen molar-refractivity contribution in [2.45, 2.75) is 38.5 Å². The van der Waals surface area contributed by atoms with Crippen molar-refractivity contribution in [1.29, 1.82) is 0 Å². The quantitative estimate of drug-likeness (QED) is 0.554. The Bertz CT molecular complexity index is 1050. The molecule has 31 heavy (non-hydrogen) atoms. The molecule has 4 nitrogen and oxygen atoms in total. The second-order valence-corrected chi connectivity index (χ2v) is 9.06. The third-order valence-electron chi connectivity index (χ3n) is 5.59. The number of nitrogens with zero attached hydrogens (tertiary/aromatic N) is 3. The molecule has 1 aliphatic rings. The highest BCUT2D eigenvalue weighted by atomic mass is 32.1. The molecule has 1 atom stereocenters. The molecular formula is C23H24F3N3OS. The largest absolute Gasteiger partial charge is 0.416 e. The lowest BCUT2D eigenvalue weighted by Gasteiger charge is -2.40. The zero-order chi connectivity index (χ0) is 22.0. The van der Waals surface area contributed by atoms with Crippen LogP contribution in [-0.4, -0.2) is 46.4 Å². The number of aryl methyl sites for hydroxylation is 1. The summed E-state index contributed by atoms with van der Waals surface area (Å²) in [7, 11) is 0. The lowest BCUT2D eigenvalue weighted by molar-refractivity contribution is -0.137. The van der Waals surface area contributed by atoms with E-state index in [0.717, 1.165) is 31.8 Å². The van der Waals surface area contributed by atoms with Gasteiger partial charge in [0, 0.05) is 45.1 Å². The van der Waals surface area contributed by atoms with Crippen LogP contribution in [0.25, 0.3) is 10.2 Å². The number of rotatable bonds is 5. The molecule has 2 aromatic carbocycles. The molecule has 8 heteroatoms. The summed E-state index contributed by atoms with van der Waals surface area (Å²) in [6.45, 7) is 5.26. The van der Waals surface area contributed by atoms with Crippen molar-refractivity contribution in [2.24, 2.45) is 0 Å². The fraction of sp³-hybridized carbons (Fsp3) is 0.391. The predicted octanol–water partition coefficient (Wildman–Crippen LogP) is 4.98. The van der Waals surface area contributed by atoms with Crippen molar-refractivity contribution < 1.29 is 18.0 Å². The minimum absolute atomic E-state index is 0.0714. The van der Waals surface area contributed by atoms with Crippen molar-refractivity contribution >= 4 is 27.5 Å². The van der Waals surface area contributed by atoms with Gasteiger partial charge in [0.2, 0.25) is 5.91 Å². The first kappa shape index (κ1) is 21.8. The molecule has 0 bridgehead atoms. The van der Waals surface area contributed by atoms with Gasteiger partial charge in [0.25, 0.3) is 0 Å². The number of piperazine rings is 1. The predicted molar refractivity (Wildman–Crippen MR) is 116 cm³/mol. The fourth-order valence-corrected chi connectivity index (χ4v) is 4.95. The van der Waals surface area contributed by atoms with Crippen molar-refractivity contribution in [2.75, 3.05) is 19.6 Å². The van der Waals surface area contributed by atoms with Crippen LogP contribution in [0.2, 0.25) is 0 Å². The minimum atomic E-state index is -4.38. The van der Waals surface area contributed by atoms with Crippen molar-refractivity contribution in [3.63, 3.8) is 0 Å². The zero-order valence-electron chi connectivity index (χ0n) is 17.2. The summed E-state index contributed by atoms with van der Waals surface area (Å²) in [4.78, 5) is 21.4. The molecular weight excluding hydrogens is 423 g/mol. The van der Waals surface area contributed by atoms with Crippen LogP contribution >= 0.6 is 11.3 Å². The van der Waals surface area contributed by atoms with E-state index in [-0.39, 0.29) is 11.9 Å². The van der Waals surface area contributed by atoms with E-state index in [1.54, 1.807) is 0 Å². The molecule has 0 spiro atoms. The highest BCUT2D eigenvalue weighted by Gasteiger charge is 2.31. The average molecular weight is 448 g/mol. The van der Waals surface area contributed by atoms with E-state index in [2.05, 4.69) is 28.9 Å². The lowest BCUT2D eigenvalue weighted by atomic mass is 10.1. The molecule has 3 aromatic rings. The summed E-state index contributed by atoms with van der Waals surface area (Å²) < 4.78 is 39.4. The number of amides is 1. The number of fused-ring (bicyclic) bond motifs is 1. The Kier molecular flexibility index (Phi) is 6.29. The van der Waals surface area contributed by atoms with E-state index in [4.69, 9.17) is 0 Å². The summed E-state index contributed by atoms with van der Waals surface area (Å²) in [5, 5.41) is 0.693. The molecule has 1 unspecified atom stereocenters. The molecule has 0 radical (unpaired) electrons. The Labute approximate surface area is 183 Å². The minimum Gasteiger partial charge on any atom is -0.337 e. The highest BCUT2D eigenvalue weighted by Crippen LogP contribution is 2.33. The highest BCUT2D eigenvalue weighted by molar-refractivity contribution is 7.18. The van der Waals surface area contributed by atoms with E-state index in [0.29, 0.717) is 34.6 Å². The van der Waals surface area contributed by atoms with Crippen LogP contribution in [0.5, 0.6) is 0 Å². The normalized spacial score (nSPS) is 17.9. The number of aromatic nitrogens is 1. The van der Waals surface area contributed by atoms with Crippen LogP contribution in [0.3, 0.4) is 0 Å². The monoisotopic (exact) mass is 447 g/mol. The van der Waals surface area contributed by atoms with Gasteiger partial charge in [0.15, 0.2) is 0 Å². The number of hydrogen-bond donors (Lipinski definition) is 0. The Balaban J connectivity index is 1.32.